The van der Waals surface area contributed by atoms with Crippen LogP contribution in [0.15, 0.2) is 11.7 Å². The van der Waals surface area contributed by atoms with Crippen molar-refractivity contribution in [1.82, 2.24) is 19.9 Å². The molecule has 0 spiro atoms. The molecule has 0 aliphatic carbocycles. The summed E-state index contributed by atoms with van der Waals surface area (Å²) in [6.07, 6.45) is 1.96. The van der Waals surface area contributed by atoms with E-state index in [1.807, 2.05) is 18.6 Å². The van der Waals surface area contributed by atoms with Crippen molar-refractivity contribution in [3.8, 4) is 10.6 Å². The van der Waals surface area contributed by atoms with Crippen molar-refractivity contribution in [2.45, 2.75) is 20.0 Å². The fourth-order valence-electron chi connectivity index (χ4n) is 1.92. The van der Waals surface area contributed by atoms with Crippen LogP contribution < -0.4 is 5.32 Å². The predicted molar refractivity (Wildman–Crippen MR) is 59.8 cm³/mol. The van der Waals surface area contributed by atoms with Crippen molar-refractivity contribution in [2.24, 2.45) is 0 Å². The van der Waals surface area contributed by atoms with Crippen molar-refractivity contribution in [1.29, 1.82) is 0 Å². The molecule has 3 heterocycles. The van der Waals surface area contributed by atoms with E-state index in [-0.39, 0.29) is 0 Å². The van der Waals surface area contributed by atoms with Crippen molar-refractivity contribution in [3.63, 3.8) is 0 Å². The van der Waals surface area contributed by atoms with Crippen molar-refractivity contribution in [2.75, 3.05) is 6.54 Å². The van der Waals surface area contributed by atoms with Gasteiger partial charge in [0, 0.05) is 13.1 Å². The standard InChI is InChI=1S/C10H12N4S/c1-7-10(15-6-13-7)8-4-12-9-5-11-2-3-14(8)9/h4,6,11H,2-3,5H2,1H3. The van der Waals surface area contributed by atoms with Gasteiger partial charge in [-0.2, -0.15) is 0 Å². The van der Waals surface area contributed by atoms with Gasteiger partial charge in [0.05, 0.1) is 34.5 Å². The monoisotopic (exact) mass is 220 g/mol. The largest absolute Gasteiger partial charge is 0.325 e. The summed E-state index contributed by atoms with van der Waals surface area (Å²) in [5, 5.41) is 3.32. The third-order valence-corrected chi connectivity index (χ3v) is 3.66. The number of aryl methyl sites for hydroxylation is 1. The minimum Gasteiger partial charge on any atom is -0.325 e. The third kappa shape index (κ3) is 1.39. The number of rotatable bonds is 1. The molecule has 1 aliphatic rings. The van der Waals surface area contributed by atoms with Crippen molar-refractivity contribution < 1.29 is 0 Å². The van der Waals surface area contributed by atoms with Gasteiger partial charge in [-0.1, -0.05) is 0 Å². The summed E-state index contributed by atoms with van der Waals surface area (Å²) in [5.74, 6) is 1.13. The second-order valence-electron chi connectivity index (χ2n) is 3.65. The van der Waals surface area contributed by atoms with Gasteiger partial charge in [-0.3, -0.25) is 0 Å². The first-order valence-corrected chi connectivity index (χ1v) is 5.90. The van der Waals surface area contributed by atoms with Crippen LogP contribution >= 0.6 is 11.3 Å². The van der Waals surface area contributed by atoms with Crippen LogP contribution in [-0.2, 0) is 13.1 Å². The lowest BCUT2D eigenvalue weighted by molar-refractivity contribution is 0.508. The number of imidazole rings is 1. The van der Waals surface area contributed by atoms with Gasteiger partial charge < -0.3 is 9.88 Å². The van der Waals surface area contributed by atoms with Gasteiger partial charge in [-0.15, -0.1) is 11.3 Å². The second kappa shape index (κ2) is 3.43. The van der Waals surface area contributed by atoms with E-state index in [0.29, 0.717) is 0 Å². The summed E-state index contributed by atoms with van der Waals surface area (Å²) in [5.41, 5.74) is 4.21. The van der Waals surface area contributed by atoms with E-state index in [4.69, 9.17) is 0 Å². The molecule has 0 fully saturated rings. The highest BCUT2D eigenvalue weighted by Gasteiger charge is 2.16. The zero-order valence-corrected chi connectivity index (χ0v) is 9.34. The van der Waals surface area contributed by atoms with E-state index in [0.717, 1.165) is 31.2 Å². The molecule has 4 nitrogen and oxygen atoms in total. The maximum absolute atomic E-state index is 4.43. The summed E-state index contributed by atoms with van der Waals surface area (Å²) in [7, 11) is 0. The second-order valence-corrected chi connectivity index (χ2v) is 4.51. The summed E-state index contributed by atoms with van der Waals surface area (Å²) in [4.78, 5) is 9.96. The average molecular weight is 220 g/mol. The van der Waals surface area contributed by atoms with Crippen LogP contribution in [0, 0.1) is 6.92 Å². The molecule has 78 valence electrons. The highest BCUT2D eigenvalue weighted by atomic mass is 32.1. The summed E-state index contributed by atoms with van der Waals surface area (Å²) >= 11 is 1.69. The first kappa shape index (κ1) is 9.06. The normalized spacial score (nSPS) is 15.3. The average Bonchev–Trinajstić information content (AvgIpc) is 2.83. The first-order valence-electron chi connectivity index (χ1n) is 5.02. The van der Waals surface area contributed by atoms with Gasteiger partial charge >= 0.3 is 0 Å². The van der Waals surface area contributed by atoms with Gasteiger partial charge in [0.2, 0.25) is 0 Å². The molecule has 15 heavy (non-hydrogen) atoms. The number of nitrogens with zero attached hydrogens (tertiary/aromatic N) is 3. The molecule has 0 aromatic carbocycles. The molecule has 1 aliphatic heterocycles. The van der Waals surface area contributed by atoms with Crippen LogP contribution in [0.25, 0.3) is 10.6 Å². The minimum atomic E-state index is 0.873. The summed E-state index contributed by atoms with van der Waals surface area (Å²) < 4.78 is 2.29. The van der Waals surface area contributed by atoms with Crippen LogP contribution in [0.4, 0.5) is 0 Å². The van der Waals surface area contributed by atoms with Crippen LogP contribution in [0.1, 0.15) is 11.5 Å². The molecule has 0 amide bonds. The molecular weight excluding hydrogens is 208 g/mol. The van der Waals surface area contributed by atoms with Gasteiger partial charge in [-0.05, 0) is 6.92 Å². The Balaban J connectivity index is 2.13. The van der Waals surface area contributed by atoms with E-state index < -0.39 is 0 Å². The Hall–Kier alpha value is -1.20. The lowest BCUT2D eigenvalue weighted by Gasteiger charge is -2.17. The van der Waals surface area contributed by atoms with E-state index in [1.165, 1.54) is 10.6 Å². The van der Waals surface area contributed by atoms with E-state index in [9.17, 15) is 0 Å². The summed E-state index contributed by atoms with van der Waals surface area (Å²) in [6.45, 7) is 4.95. The zero-order valence-electron chi connectivity index (χ0n) is 8.53. The van der Waals surface area contributed by atoms with Gasteiger partial charge in [0.15, 0.2) is 0 Å². The molecule has 0 radical (unpaired) electrons. The highest BCUT2D eigenvalue weighted by Crippen LogP contribution is 2.28. The number of nitrogens with one attached hydrogen (secondary N) is 1. The van der Waals surface area contributed by atoms with Crippen LogP contribution in [0.2, 0.25) is 0 Å². The fourth-order valence-corrected chi connectivity index (χ4v) is 2.75. The molecule has 3 rings (SSSR count). The molecule has 0 unspecified atom stereocenters. The molecule has 2 aromatic rings. The van der Waals surface area contributed by atoms with Crippen molar-refractivity contribution >= 4 is 11.3 Å². The van der Waals surface area contributed by atoms with Crippen LogP contribution in [-0.4, -0.2) is 21.1 Å². The fraction of sp³-hybridized carbons (Fsp3) is 0.400. The number of fused-ring (bicyclic) bond motifs is 1. The molecular formula is C10H12N4S. The lowest BCUT2D eigenvalue weighted by Crippen LogP contribution is -2.28. The van der Waals surface area contributed by atoms with Crippen LogP contribution in [0.3, 0.4) is 0 Å². The number of hydrogen-bond donors (Lipinski definition) is 1. The Kier molecular flexibility index (Phi) is 2.07. The highest BCUT2D eigenvalue weighted by molar-refractivity contribution is 7.13. The SMILES string of the molecule is Cc1ncsc1-c1cnc2n1CCNC2. The maximum Gasteiger partial charge on any atom is 0.123 e. The zero-order chi connectivity index (χ0) is 10.3. The molecule has 0 atom stereocenters. The maximum atomic E-state index is 4.43. The van der Waals surface area contributed by atoms with E-state index in [2.05, 4.69) is 19.9 Å². The number of aromatic nitrogens is 3. The van der Waals surface area contributed by atoms with E-state index in [1.54, 1.807) is 11.3 Å². The smallest absolute Gasteiger partial charge is 0.123 e. The third-order valence-electron chi connectivity index (χ3n) is 2.71. The number of hydrogen-bond acceptors (Lipinski definition) is 4. The predicted octanol–water partition coefficient (Wildman–Crippen LogP) is 1.42. The molecule has 0 saturated carbocycles. The van der Waals surface area contributed by atoms with Gasteiger partial charge in [0.1, 0.15) is 5.82 Å². The Morgan fingerprint density at radius 3 is 3.20 bits per heavy atom. The van der Waals surface area contributed by atoms with Crippen LogP contribution in [0.5, 0.6) is 0 Å². The Bertz CT molecular complexity index is 485. The Morgan fingerprint density at radius 2 is 2.40 bits per heavy atom. The first-order chi connectivity index (χ1) is 7.36. The topological polar surface area (TPSA) is 42.7 Å². The van der Waals surface area contributed by atoms with Gasteiger partial charge in [-0.25, -0.2) is 9.97 Å². The summed E-state index contributed by atoms with van der Waals surface area (Å²) in [6, 6.07) is 0. The van der Waals surface area contributed by atoms with E-state index >= 15 is 0 Å². The molecule has 5 heteroatoms. The minimum absolute atomic E-state index is 0.873. The molecule has 0 bridgehead atoms. The van der Waals surface area contributed by atoms with Crippen molar-refractivity contribution in [3.05, 3.63) is 23.2 Å². The molecule has 2 aromatic heterocycles. The number of thiazole rings is 1. The lowest BCUT2D eigenvalue weighted by atomic mass is 10.3. The molecule has 1 N–H and O–H groups in total. The Morgan fingerprint density at radius 1 is 1.47 bits per heavy atom. The Labute approximate surface area is 92.0 Å². The van der Waals surface area contributed by atoms with Gasteiger partial charge in [0.25, 0.3) is 0 Å². The molecule has 0 saturated heterocycles. The quantitative estimate of drug-likeness (QED) is 0.790.